The van der Waals surface area contributed by atoms with Crippen molar-refractivity contribution < 1.29 is 4.79 Å². The summed E-state index contributed by atoms with van der Waals surface area (Å²) in [5, 5.41) is 5.46. The standard InChI is InChI=1S/C19H12ClN5O2/c20-16-12(9-11-5-1-3-7-14(11)22-16)10-21-25-19(27)17-23-15-8-4-2-6-13(15)18(26)24-17/h1-10H,(H,25,27)(H,23,24,26). The van der Waals surface area contributed by atoms with E-state index in [1.165, 1.54) is 6.21 Å². The molecule has 0 aliphatic carbocycles. The van der Waals surface area contributed by atoms with Gasteiger partial charge in [0.25, 0.3) is 5.56 Å². The first kappa shape index (κ1) is 16.9. The quantitative estimate of drug-likeness (QED) is 0.325. The molecule has 2 heterocycles. The molecule has 0 atom stereocenters. The summed E-state index contributed by atoms with van der Waals surface area (Å²) in [5.74, 6) is -0.766. The van der Waals surface area contributed by atoms with E-state index in [0.29, 0.717) is 16.5 Å². The fraction of sp³-hybridized carbons (Fsp3) is 0. The van der Waals surface area contributed by atoms with Crippen molar-refractivity contribution in [2.45, 2.75) is 0 Å². The Morgan fingerprint density at radius 1 is 1.07 bits per heavy atom. The second-order valence-electron chi connectivity index (χ2n) is 5.69. The van der Waals surface area contributed by atoms with Gasteiger partial charge in [-0.3, -0.25) is 9.59 Å². The van der Waals surface area contributed by atoms with Gasteiger partial charge in [0.1, 0.15) is 5.15 Å². The van der Waals surface area contributed by atoms with Crippen molar-refractivity contribution in [2.24, 2.45) is 5.10 Å². The molecule has 4 rings (SSSR count). The molecule has 7 nitrogen and oxygen atoms in total. The number of nitrogens with zero attached hydrogens (tertiary/aromatic N) is 3. The van der Waals surface area contributed by atoms with Crippen molar-refractivity contribution >= 4 is 45.5 Å². The predicted molar refractivity (Wildman–Crippen MR) is 104 cm³/mol. The van der Waals surface area contributed by atoms with E-state index in [2.05, 4.69) is 25.5 Å². The molecule has 2 aromatic heterocycles. The minimum absolute atomic E-state index is 0.126. The number of aromatic amines is 1. The first-order valence-corrected chi connectivity index (χ1v) is 8.37. The maximum atomic E-state index is 12.2. The monoisotopic (exact) mass is 377 g/mol. The number of benzene rings is 2. The molecule has 0 bridgehead atoms. The summed E-state index contributed by atoms with van der Waals surface area (Å²) in [6.07, 6.45) is 1.39. The Morgan fingerprint density at radius 3 is 2.67 bits per heavy atom. The molecular formula is C19H12ClN5O2. The third-order valence-corrected chi connectivity index (χ3v) is 4.20. The highest BCUT2D eigenvalue weighted by Crippen LogP contribution is 2.18. The van der Waals surface area contributed by atoms with Gasteiger partial charge < -0.3 is 4.98 Å². The number of carbonyl (C=O) groups excluding carboxylic acids is 1. The third kappa shape index (κ3) is 3.40. The molecule has 0 saturated heterocycles. The first-order valence-electron chi connectivity index (χ1n) is 7.99. The molecule has 2 N–H and O–H groups in total. The molecule has 132 valence electrons. The topological polar surface area (TPSA) is 100 Å². The van der Waals surface area contributed by atoms with Crippen LogP contribution < -0.4 is 11.0 Å². The number of fused-ring (bicyclic) bond motifs is 2. The molecule has 8 heteroatoms. The minimum atomic E-state index is -0.640. The van der Waals surface area contributed by atoms with Crippen molar-refractivity contribution in [3.8, 4) is 0 Å². The molecule has 1 amide bonds. The van der Waals surface area contributed by atoms with Gasteiger partial charge in [-0.25, -0.2) is 15.4 Å². The molecular weight excluding hydrogens is 366 g/mol. The average Bonchev–Trinajstić information content (AvgIpc) is 2.68. The number of H-pyrrole nitrogens is 1. The minimum Gasteiger partial charge on any atom is -0.302 e. The second kappa shape index (κ2) is 6.97. The number of para-hydroxylation sites is 2. The molecule has 0 fully saturated rings. The van der Waals surface area contributed by atoms with Gasteiger partial charge in [0, 0.05) is 10.9 Å². The summed E-state index contributed by atoms with van der Waals surface area (Å²) < 4.78 is 0. The lowest BCUT2D eigenvalue weighted by molar-refractivity contribution is 0.0945. The van der Waals surface area contributed by atoms with E-state index in [0.717, 1.165) is 10.9 Å². The van der Waals surface area contributed by atoms with Gasteiger partial charge in [-0.05, 0) is 24.3 Å². The molecule has 0 unspecified atom stereocenters. The van der Waals surface area contributed by atoms with Crippen LogP contribution in [0.25, 0.3) is 21.8 Å². The van der Waals surface area contributed by atoms with Crippen LogP contribution in [-0.2, 0) is 0 Å². The maximum absolute atomic E-state index is 12.2. The van der Waals surface area contributed by atoms with E-state index in [4.69, 9.17) is 11.6 Å². The zero-order chi connectivity index (χ0) is 18.8. The van der Waals surface area contributed by atoms with Gasteiger partial charge in [-0.1, -0.05) is 41.9 Å². The van der Waals surface area contributed by atoms with E-state index in [1.807, 2.05) is 30.3 Å². The summed E-state index contributed by atoms with van der Waals surface area (Å²) in [6.45, 7) is 0. The number of carbonyl (C=O) groups is 1. The zero-order valence-electron chi connectivity index (χ0n) is 13.8. The zero-order valence-corrected chi connectivity index (χ0v) is 14.6. The summed E-state index contributed by atoms with van der Waals surface area (Å²) in [7, 11) is 0. The van der Waals surface area contributed by atoms with Crippen LogP contribution in [0, 0.1) is 0 Å². The third-order valence-electron chi connectivity index (χ3n) is 3.90. The van der Waals surface area contributed by atoms with Gasteiger partial charge in [0.05, 0.1) is 22.6 Å². The van der Waals surface area contributed by atoms with Crippen LogP contribution in [0.5, 0.6) is 0 Å². The van der Waals surface area contributed by atoms with Crippen LogP contribution >= 0.6 is 11.6 Å². The van der Waals surface area contributed by atoms with Crippen molar-refractivity contribution in [3.63, 3.8) is 0 Å². The largest absolute Gasteiger partial charge is 0.307 e. The Balaban J connectivity index is 1.57. The van der Waals surface area contributed by atoms with Crippen LogP contribution in [-0.4, -0.2) is 27.1 Å². The van der Waals surface area contributed by atoms with Crippen molar-refractivity contribution in [3.05, 3.63) is 81.5 Å². The van der Waals surface area contributed by atoms with Crippen LogP contribution in [0.3, 0.4) is 0 Å². The summed E-state index contributed by atoms with van der Waals surface area (Å²) in [6, 6.07) is 16.1. The second-order valence-corrected chi connectivity index (χ2v) is 6.05. The van der Waals surface area contributed by atoms with E-state index in [9.17, 15) is 9.59 Å². The van der Waals surface area contributed by atoms with Gasteiger partial charge in [0.2, 0.25) is 5.82 Å². The fourth-order valence-corrected chi connectivity index (χ4v) is 2.80. The molecule has 2 aromatic carbocycles. The van der Waals surface area contributed by atoms with Gasteiger partial charge in [0.15, 0.2) is 0 Å². The SMILES string of the molecule is O=C(NN=Cc1cc2ccccc2nc1Cl)c1nc2ccccc2c(=O)[nH]1. The summed E-state index contributed by atoms with van der Waals surface area (Å²) in [5.41, 5.74) is 3.68. The Morgan fingerprint density at radius 2 is 1.81 bits per heavy atom. The Bertz CT molecular complexity index is 1270. The number of nitrogens with one attached hydrogen (secondary N) is 2. The highest BCUT2D eigenvalue weighted by Gasteiger charge is 2.10. The first-order chi connectivity index (χ1) is 13.1. The van der Waals surface area contributed by atoms with E-state index in [-0.39, 0.29) is 11.0 Å². The number of rotatable bonds is 3. The van der Waals surface area contributed by atoms with Crippen molar-refractivity contribution in [1.82, 2.24) is 20.4 Å². The fourth-order valence-electron chi connectivity index (χ4n) is 2.61. The van der Waals surface area contributed by atoms with Gasteiger partial charge in [-0.2, -0.15) is 5.10 Å². The lowest BCUT2D eigenvalue weighted by Crippen LogP contribution is -2.24. The molecule has 0 aliphatic heterocycles. The Labute approximate surface area is 157 Å². The van der Waals surface area contributed by atoms with Crippen LogP contribution in [0.2, 0.25) is 5.15 Å². The smallest absolute Gasteiger partial charge is 0.302 e. The lowest BCUT2D eigenvalue weighted by atomic mass is 10.2. The van der Waals surface area contributed by atoms with Crippen LogP contribution in [0.15, 0.2) is 64.5 Å². The molecule has 4 aromatic rings. The molecule has 0 radical (unpaired) electrons. The number of hydrazone groups is 1. The maximum Gasteiger partial charge on any atom is 0.307 e. The van der Waals surface area contributed by atoms with Gasteiger partial charge >= 0.3 is 5.91 Å². The molecule has 0 spiro atoms. The molecule has 27 heavy (non-hydrogen) atoms. The predicted octanol–water partition coefficient (Wildman–Crippen LogP) is 2.89. The number of hydrogen-bond donors (Lipinski definition) is 2. The highest BCUT2D eigenvalue weighted by molar-refractivity contribution is 6.32. The van der Waals surface area contributed by atoms with E-state index >= 15 is 0 Å². The number of hydrogen-bond acceptors (Lipinski definition) is 5. The number of aromatic nitrogens is 3. The van der Waals surface area contributed by atoms with Crippen LogP contribution in [0.1, 0.15) is 16.2 Å². The summed E-state index contributed by atoms with van der Waals surface area (Å²) in [4.78, 5) is 35.1. The molecule has 0 aliphatic rings. The molecule has 0 saturated carbocycles. The summed E-state index contributed by atoms with van der Waals surface area (Å²) >= 11 is 6.15. The Kier molecular flexibility index (Phi) is 4.35. The number of halogens is 1. The van der Waals surface area contributed by atoms with Crippen LogP contribution in [0.4, 0.5) is 0 Å². The van der Waals surface area contributed by atoms with Gasteiger partial charge in [-0.15, -0.1) is 0 Å². The number of amides is 1. The van der Waals surface area contributed by atoms with Crippen molar-refractivity contribution in [2.75, 3.05) is 0 Å². The average molecular weight is 378 g/mol. The van der Waals surface area contributed by atoms with Crippen molar-refractivity contribution in [1.29, 1.82) is 0 Å². The van der Waals surface area contributed by atoms with E-state index in [1.54, 1.807) is 24.3 Å². The normalized spacial score (nSPS) is 11.3. The lowest BCUT2D eigenvalue weighted by Gasteiger charge is -2.03. The van der Waals surface area contributed by atoms with E-state index < -0.39 is 11.5 Å². The highest BCUT2D eigenvalue weighted by atomic mass is 35.5. The Hall–Kier alpha value is -3.58. The number of pyridine rings is 1.